The van der Waals surface area contributed by atoms with Crippen LogP contribution < -0.4 is 0 Å². The third-order valence-corrected chi connectivity index (χ3v) is 3.50. The summed E-state index contributed by atoms with van der Waals surface area (Å²) in [6.45, 7) is 7.33. The summed E-state index contributed by atoms with van der Waals surface area (Å²) in [6, 6.07) is 5.57. The van der Waals surface area contributed by atoms with Gasteiger partial charge in [-0.3, -0.25) is 4.79 Å². The molecule has 0 fully saturated rings. The van der Waals surface area contributed by atoms with Gasteiger partial charge in [-0.15, -0.1) is 5.10 Å². The number of fused-ring (bicyclic) bond motifs is 1. The number of aliphatic hydroxyl groups is 1. The molecule has 6 heteroatoms. The summed E-state index contributed by atoms with van der Waals surface area (Å²) in [4.78, 5) is 14.4. The highest BCUT2D eigenvalue weighted by atomic mass is 16.3. The number of nitrogens with zero attached hydrogens (tertiary/aromatic N) is 4. The standard InChI is InChI=1S/C15H22N4O2/c1-4-19-14-7-6-12(10-13(14)16-17-19)15(21)18(11(2)3)8-5-9-20/h6-7,10-11,20H,4-5,8-9H2,1-3H3. The van der Waals surface area contributed by atoms with Gasteiger partial charge in [0.15, 0.2) is 0 Å². The molecule has 1 heterocycles. The number of amides is 1. The van der Waals surface area contributed by atoms with Gasteiger partial charge in [0.2, 0.25) is 0 Å². The molecule has 0 spiro atoms. The Morgan fingerprint density at radius 2 is 2.19 bits per heavy atom. The molecule has 21 heavy (non-hydrogen) atoms. The molecule has 0 atom stereocenters. The number of benzene rings is 1. The van der Waals surface area contributed by atoms with E-state index in [0.717, 1.165) is 17.6 Å². The molecule has 2 aromatic rings. The van der Waals surface area contributed by atoms with Crippen LogP contribution in [0.2, 0.25) is 0 Å². The van der Waals surface area contributed by atoms with Crippen molar-refractivity contribution >= 4 is 16.9 Å². The van der Waals surface area contributed by atoms with Crippen molar-refractivity contribution in [2.24, 2.45) is 0 Å². The van der Waals surface area contributed by atoms with Crippen molar-refractivity contribution in [3.63, 3.8) is 0 Å². The SMILES string of the molecule is CCn1nnc2cc(C(=O)N(CCCO)C(C)C)ccc21. The fourth-order valence-corrected chi connectivity index (χ4v) is 2.34. The lowest BCUT2D eigenvalue weighted by Gasteiger charge is -2.26. The average Bonchev–Trinajstić information content (AvgIpc) is 2.89. The molecule has 0 aliphatic carbocycles. The number of aryl methyl sites for hydroxylation is 1. The van der Waals surface area contributed by atoms with Crippen LogP contribution in [0.4, 0.5) is 0 Å². The number of rotatable bonds is 6. The van der Waals surface area contributed by atoms with E-state index in [4.69, 9.17) is 5.11 Å². The van der Waals surface area contributed by atoms with Crippen LogP contribution >= 0.6 is 0 Å². The topological polar surface area (TPSA) is 71.2 Å². The molecule has 0 bridgehead atoms. The van der Waals surface area contributed by atoms with Crippen LogP contribution in [0.5, 0.6) is 0 Å². The van der Waals surface area contributed by atoms with E-state index in [9.17, 15) is 4.79 Å². The second kappa shape index (κ2) is 6.67. The Bertz CT molecular complexity index is 621. The minimum Gasteiger partial charge on any atom is -0.396 e. The van der Waals surface area contributed by atoms with Crippen LogP contribution in [0.1, 0.15) is 37.6 Å². The normalized spacial score (nSPS) is 11.3. The highest BCUT2D eigenvalue weighted by molar-refractivity contribution is 5.97. The van der Waals surface area contributed by atoms with Crippen molar-refractivity contribution in [3.8, 4) is 0 Å². The highest BCUT2D eigenvalue weighted by Crippen LogP contribution is 2.16. The van der Waals surface area contributed by atoms with Crippen molar-refractivity contribution in [1.29, 1.82) is 0 Å². The quantitative estimate of drug-likeness (QED) is 0.878. The van der Waals surface area contributed by atoms with Gasteiger partial charge in [0, 0.05) is 31.3 Å². The van der Waals surface area contributed by atoms with E-state index < -0.39 is 0 Å². The first-order valence-corrected chi connectivity index (χ1v) is 7.33. The Morgan fingerprint density at radius 3 is 2.81 bits per heavy atom. The van der Waals surface area contributed by atoms with Gasteiger partial charge >= 0.3 is 0 Å². The smallest absolute Gasteiger partial charge is 0.254 e. The fraction of sp³-hybridized carbons (Fsp3) is 0.533. The average molecular weight is 290 g/mol. The van der Waals surface area contributed by atoms with E-state index in [1.165, 1.54) is 0 Å². The largest absolute Gasteiger partial charge is 0.396 e. The van der Waals surface area contributed by atoms with E-state index in [1.54, 1.807) is 15.6 Å². The van der Waals surface area contributed by atoms with Crippen LogP contribution in [-0.2, 0) is 6.54 Å². The zero-order valence-electron chi connectivity index (χ0n) is 12.8. The zero-order chi connectivity index (χ0) is 15.4. The number of hydrogen-bond acceptors (Lipinski definition) is 4. The molecule has 0 saturated carbocycles. The lowest BCUT2D eigenvalue weighted by atomic mass is 10.1. The van der Waals surface area contributed by atoms with Crippen molar-refractivity contribution < 1.29 is 9.90 Å². The minimum absolute atomic E-state index is 0.0357. The monoisotopic (exact) mass is 290 g/mol. The Kier molecular flexibility index (Phi) is 4.90. The molecular weight excluding hydrogens is 268 g/mol. The predicted molar refractivity (Wildman–Crippen MR) is 81.1 cm³/mol. The molecule has 0 saturated heterocycles. The summed E-state index contributed by atoms with van der Waals surface area (Å²) in [5.74, 6) is -0.0357. The molecule has 0 aliphatic rings. The molecule has 1 aromatic carbocycles. The van der Waals surface area contributed by atoms with Gasteiger partial charge in [0.1, 0.15) is 5.52 Å². The molecule has 114 valence electrons. The molecule has 1 N–H and O–H groups in total. The molecule has 0 radical (unpaired) electrons. The summed E-state index contributed by atoms with van der Waals surface area (Å²) in [7, 11) is 0. The molecule has 0 aliphatic heterocycles. The zero-order valence-corrected chi connectivity index (χ0v) is 12.8. The maximum absolute atomic E-state index is 12.6. The molecule has 2 rings (SSSR count). The van der Waals surface area contributed by atoms with Gasteiger partial charge in [-0.05, 0) is 45.4 Å². The first kappa shape index (κ1) is 15.4. The van der Waals surface area contributed by atoms with Crippen LogP contribution in [-0.4, -0.2) is 50.1 Å². The van der Waals surface area contributed by atoms with Crippen molar-refractivity contribution in [3.05, 3.63) is 23.8 Å². The molecule has 1 amide bonds. The minimum atomic E-state index is -0.0357. The number of carbonyl (C=O) groups excluding carboxylic acids is 1. The molecule has 6 nitrogen and oxygen atoms in total. The Labute approximate surface area is 124 Å². The first-order chi connectivity index (χ1) is 10.1. The van der Waals surface area contributed by atoms with Crippen LogP contribution in [0.15, 0.2) is 18.2 Å². The van der Waals surface area contributed by atoms with Gasteiger partial charge in [0.25, 0.3) is 5.91 Å². The second-order valence-electron chi connectivity index (χ2n) is 5.28. The van der Waals surface area contributed by atoms with Gasteiger partial charge in [-0.2, -0.15) is 0 Å². The van der Waals surface area contributed by atoms with Gasteiger partial charge < -0.3 is 10.0 Å². The van der Waals surface area contributed by atoms with E-state index in [1.807, 2.05) is 32.9 Å². The maximum Gasteiger partial charge on any atom is 0.254 e. The van der Waals surface area contributed by atoms with Crippen molar-refractivity contribution in [2.45, 2.75) is 39.8 Å². The summed E-state index contributed by atoms with van der Waals surface area (Å²) >= 11 is 0. The lowest BCUT2D eigenvalue weighted by Crippen LogP contribution is -2.38. The van der Waals surface area contributed by atoms with Crippen molar-refractivity contribution in [1.82, 2.24) is 19.9 Å². The summed E-state index contributed by atoms with van der Waals surface area (Å²) in [5, 5.41) is 17.1. The first-order valence-electron chi connectivity index (χ1n) is 7.33. The fourth-order valence-electron chi connectivity index (χ4n) is 2.34. The highest BCUT2D eigenvalue weighted by Gasteiger charge is 2.19. The number of aliphatic hydroxyl groups excluding tert-OH is 1. The van der Waals surface area contributed by atoms with Crippen LogP contribution in [0.25, 0.3) is 11.0 Å². The summed E-state index contributed by atoms with van der Waals surface area (Å²) < 4.78 is 1.80. The second-order valence-corrected chi connectivity index (χ2v) is 5.28. The van der Waals surface area contributed by atoms with Crippen LogP contribution in [0, 0.1) is 0 Å². The number of hydrogen-bond donors (Lipinski definition) is 1. The number of carbonyl (C=O) groups is 1. The van der Waals surface area contributed by atoms with E-state index in [0.29, 0.717) is 18.5 Å². The molecular formula is C15H22N4O2. The molecule has 0 unspecified atom stereocenters. The third-order valence-electron chi connectivity index (χ3n) is 3.50. The van der Waals surface area contributed by atoms with E-state index in [-0.39, 0.29) is 18.6 Å². The molecule has 1 aromatic heterocycles. The van der Waals surface area contributed by atoms with E-state index in [2.05, 4.69) is 10.3 Å². The van der Waals surface area contributed by atoms with Gasteiger partial charge in [0.05, 0.1) is 5.52 Å². The predicted octanol–water partition coefficient (Wildman–Crippen LogP) is 1.68. The van der Waals surface area contributed by atoms with Crippen LogP contribution in [0.3, 0.4) is 0 Å². The van der Waals surface area contributed by atoms with Gasteiger partial charge in [-0.1, -0.05) is 5.21 Å². The number of aromatic nitrogens is 3. The Balaban J connectivity index is 2.29. The lowest BCUT2D eigenvalue weighted by molar-refractivity contribution is 0.0693. The summed E-state index contributed by atoms with van der Waals surface area (Å²) in [5.41, 5.74) is 2.27. The maximum atomic E-state index is 12.6. The Morgan fingerprint density at radius 1 is 1.43 bits per heavy atom. The third kappa shape index (κ3) is 3.21. The van der Waals surface area contributed by atoms with Gasteiger partial charge in [-0.25, -0.2) is 4.68 Å². The van der Waals surface area contributed by atoms with E-state index >= 15 is 0 Å². The van der Waals surface area contributed by atoms with Crippen molar-refractivity contribution in [2.75, 3.05) is 13.2 Å². The Hall–Kier alpha value is -1.95. The summed E-state index contributed by atoms with van der Waals surface area (Å²) in [6.07, 6.45) is 0.582.